The van der Waals surface area contributed by atoms with Crippen molar-refractivity contribution in [1.29, 1.82) is 0 Å². The number of likely N-dealkylation sites (N-methyl/N-ethyl adjacent to an activating group) is 1. The Bertz CT molecular complexity index is 1070. The molecule has 0 radical (unpaired) electrons. The lowest BCUT2D eigenvalue weighted by Gasteiger charge is -2.19. The van der Waals surface area contributed by atoms with Crippen molar-refractivity contribution >= 4 is 29.1 Å². The molecule has 0 fully saturated rings. The summed E-state index contributed by atoms with van der Waals surface area (Å²) < 4.78 is 11.0. The highest BCUT2D eigenvalue weighted by Crippen LogP contribution is 2.23. The number of benzene rings is 3. The monoisotopic (exact) mass is 438 g/mol. The van der Waals surface area contributed by atoms with Gasteiger partial charge in [-0.15, -0.1) is 0 Å². The average molecular weight is 439 g/mol. The zero-order valence-electron chi connectivity index (χ0n) is 17.3. The zero-order valence-corrected chi connectivity index (χ0v) is 18.1. The molecule has 0 aliphatic heterocycles. The number of nitrogens with zero attached hydrogens (tertiary/aromatic N) is 1. The number of ether oxygens (including phenoxy) is 2. The van der Waals surface area contributed by atoms with Gasteiger partial charge in [-0.2, -0.15) is 0 Å². The third-order valence-electron chi connectivity index (χ3n) is 4.54. The first kappa shape index (κ1) is 22.2. The van der Waals surface area contributed by atoms with Crippen LogP contribution in [0.3, 0.4) is 0 Å². The molecule has 0 aliphatic rings. The minimum atomic E-state index is -0.324. The topological polar surface area (TPSA) is 67.9 Å². The van der Waals surface area contributed by atoms with Crippen molar-refractivity contribution in [3.05, 3.63) is 88.9 Å². The highest BCUT2D eigenvalue weighted by atomic mass is 35.5. The molecule has 0 heterocycles. The molecule has 31 heavy (non-hydrogen) atoms. The van der Waals surface area contributed by atoms with E-state index in [1.54, 1.807) is 68.8 Å². The fourth-order valence-electron chi connectivity index (χ4n) is 2.93. The van der Waals surface area contributed by atoms with E-state index in [-0.39, 0.29) is 25.0 Å². The van der Waals surface area contributed by atoms with Crippen LogP contribution in [0.5, 0.6) is 11.5 Å². The summed E-state index contributed by atoms with van der Waals surface area (Å²) in [6.07, 6.45) is 0. The van der Waals surface area contributed by atoms with Gasteiger partial charge in [0.05, 0.1) is 19.2 Å². The van der Waals surface area contributed by atoms with Crippen LogP contribution in [0.25, 0.3) is 0 Å². The fourth-order valence-corrected chi connectivity index (χ4v) is 3.12. The number of hydrogen-bond acceptors (Lipinski definition) is 4. The van der Waals surface area contributed by atoms with Crippen molar-refractivity contribution in [1.82, 2.24) is 4.90 Å². The number of carbonyl (C=O) groups excluding carboxylic acids is 2. The molecular weight excluding hydrogens is 416 g/mol. The van der Waals surface area contributed by atoms with E-state index in [9.17, 15) is 9.59 Å². The number of anilines is 1. The van der Waals surface area contributed by atoms with Crippen molar-refractivity contribution in [3.63, 3.8) is 0 Å². The van der Waals surface area contributed by atoms with Crippen LogP contribution in [0.4, 0.5) is 5.69 Å². The Morgan fingerprint density at radius 2 is 1.74 bits per heavy atom. The van der Waals surface area contributed by atoms with E-state index in [1.165, 1.54) is 4.90 Å². The summed E-state index contributed by atoms with van der Waals surface area (Å²) in [4.78, 5) is 26.7. The minimum absolute atomic E-state index is 0.116. The van der Waals surface area contributed by atoms with Crippen LogP contribution in [0.15, 0.2) is 72.8 Å². The van der Waals surface area contributed by atoms with Crippen LogP contribution >= 0.6 is 11.6 Å². The van der Waals surface area contributed by atoms with Crippen LogP contribution in [0.2, 0.25) is 5.02 Å². The van der Waals surface area contributed by atoms with Gasteiger partial charge in [-0.1, -0.05) is 48.0 Å². The summed E-state index contributed by atoms with van der Waals surface area (Å²) in [5.41, 5.74) is 1.78. The second-order valence-electron chi connectivity index (χ2n) is 6.82. The number of carbonyl (C=O) groups is 2. The summed E-state index contributed by atoms with van der Waals surface area (Å²) >= 11 is 6.18. The Hall–Kier alpha value is -3.51. The first-order valence-corrected chi connectivity index (χ1v) is 10.0. The highest BCUT2D eigenvalue weighted by molar-refractivity contribution is 6.31. The summed E-state index contributed by atoms with van der Waals surface area (Å²) in [5, 5.41) is 3.36. The Morgan fingerprint density at radius 3 is 2.52 bits per heavy atom. The van der Waals surface area contributed by atoms with Gasteiger partial charge in [0.2, 0.25) is 5.91 Å². The van der Waals surface area contributed by atoms with Crippen LogP contribution in [0, 0.1) is 0 Å². The molecule has 3 aromatic carbocycles. The third kappa shape index (κ3) is 5.99. The van der Waals surface area contributed by atoms with Gasteiger partial charge in [0, 0.05) is 29.4 Å². The Kier molecular flexibility index (Phi) is 7.51. The van der Waals surface area contributed by atoms with E-state index in [0.29, 0.717) is 27.8 Å². The van der Waals surface area contributed by atoms with E-state index in [4.69, 9.17) is 21.1 Å². The molecule has 6 nitrogen and oxygen atoms in total. The number of hydrogen-bond donors (Lipinski definition) is 1. The van der Waals surface area contributed by atoms with Crippen molar-refractivity contribution in [2.75, 3.05) is 26.0 Å². The molecule has 1 N–H and O–H groups in total. The molecule has 0 spiro atoms. The largest absolute Gasteiger partial charge is 0.497 e. The number of nitrogens with one attached hydrogen (secondary N) is 1. The van der Waals surface area contributed by atoms with Crippen LogP contribution in [-0.4, -0.2) is 37.4 Å². The fraction of sp³-hybridized carbons (Fsp3) is 0.167. The molecule has 0 bridgehead atoms. The molecule has 0 aliphatic carbocycles. The van der Waals surface area contributed by atoms with Gasteiger partial charge in [-0.05, 0) is 30.3 Å². The maximum absolute atomic E-state index is 13.0. The van der Waals surface area contributed by atoms with E-state index in [2.05, 4.69) is 5.32 Å². The Balaban J connectivity index is 1.65. The molecule has 2 amide bonds. The number of rotatable bonds is 8. The average Bonchev–Trinajstić information content (AvgIpc) is 2.78. The Morgan fingerprint density at radius 1 is 1.00 bits per heavy atom. The van der Waals surface area contributed by atoms with Gasteiger partial charge in [-0.25, -0.2) is 0 Å². The molecule has 0 aromatic heterocycles. The number of halogens is 1. The quantitative estimate of drug-likeness (QED) is 0.556. The number of para-hydroxylation sites is 1. The second-order valence-corrected chi connectivity index (χ2v) is 7.22. The molecule has 0 unspecified atom stereocenters. The maximum Gasteiger partial charge on any atom is 0.257 e. The van der Waals surface area contributed by atoms with Crippen molar-refractivity contribution < 1.29 is 19.1 Å². The SMILES string of the molecule is COc1cccc(NC(=O)CN(C)C(=O)c2ccccc2OCc2ccccc2Cl)c1. The number of amides is 2. The van der Waals surface area contributed by atoms with Crippen molar-refractivity contribution in [3.8, 4) is 11.5 Å². The lowest BCUT2D eigenvalue weighted by atomic mass is 10.1. The number of methoxy groups -OCH3 is 1. The smallest absolute Gasteiger partial charge is 0.257 e. The zero-order chi connectivity index (χ0) is 22.2. The van der Waals surface area contributed by atoms with E-state index in [0.717, 1.165) is 5.56 Å². The van der Waals surface area contributed by atoms with Crippen LogP contribution < -0.4 is 14.8 Å². The lowest BCUT2D eigenvalue weighted by molar-refractivity contribution is -0.116. The normalized spacial score (nSPS) is 10.3. The van der Waals surface area contributed by atoms with E-state index >= 15 is 0 Å². The van der Waals surface area contributed by atoms with Gasteiger partial charge in [0.25, 0.3) is 5.91 Å². The van der Waals surface area contributed by atoms with Gasteiger partial charge in [-0.3, -0.25) is 9.59 Å². The van der Waals surface area contributed by atoms with Crippen LogP contribution in [0.1, 0.15) is 15.9 Å². The lowest BCUT2D eigenvalue weighted by Crippen LogP contribution is -2.35. The molecular formula is C24H23ClN2O4. The molecule has 0 atom stereocenters. The van der Waals surface area contributed by atoms with Gasteiger partial charge >= 0.3 is 0 Å². The first-order valence-electron chi connectivity index (χ1n) is 9.62. The summed E-state index contributed by atoms with van der Waals surface area (Å²) in [6, 6.07) is 21.3. The second kappa shape index (κ2) is 10.5. The molecule has 3 rings (SSSR count). The Labute approximate surface area is 186 Å². The summed E-state index contributed by atoms with van der Waals surface area (Å²) in [6.45, 7) is 0.110. The standard InChI is InChI=1S/C24H23ClN2O4/c1-27(15-23(28)26-18-9-7-10-19(14-18)30-2)24(29)20-11-4-6-13-22(20)31-16-17-8-3-5-12-21(17)25/h3-14H,15-16H2,1-2H3,(H,26,28). The summed E-state index contributed by atoms with van der Waals surface area (Å²) in [5.74, 6) is 0.411. The maximum atomic E-state index is 13.0. The molecule has 3 aromatic rings. The summed E-state index contributed by atoms with van der Waals surface area (Å²) in [7, 11) is 3.12. The van der Waals surface area contributed by atoms with Crippen molar-refractivity contribution in [2.24, 2.45) is 0 Å². The van der Waals surface area contributed by atoms with E-state index < -0.39 is 0 Å². The first-order chi connectivity index (χ1) is 15.0. The van der Waals surface area contributed by atoms with Gasteiger partial charge in [0.1, 0.15) is 18.1 Å². The van der Waals surface area contributed by atoms with Crippen molar-refractivity contribution in [2.45, 2.75) is 6.61 Å². The van der Waals surface area contributed by atoms with E-state index in [1.807, 2.05) is 18.2 Å². The molecule has 7 heteroatoms. The highest BCUT2D eigenvalue weighted by Gasteiger charge is 2.19. The third-order valence-corrected chi connectivity index (χ3v) is 4.91. The molecule has 0 saturated heterocycles. The molecule has 0 saturated carbocycles. The predicted octanol–water partition coefficient (Wildman–Crippen LogP) is 4.64. The minimum Gasteiger partial charge on any atom is -0.497 e. The molecule has 160 valence electrons. The van der Waals surface area contributed by atoms with Gasteiger partial charge < -0.3 is 19.7 Å². The van der Waals surface area contributed by atoms with Gasteiger partial charge in [0.15, 0.2) is 0 Å². The predicted molar refractivity (Wildman–Crippen MR) is 121 cm³/mol. The van der Waals surface area contributed by atoms with Crippen LogP contribution in [-0.2, 0) is 11.4 Å².